The second-order valence-electron chi connectivity index (χ2n) is 16.7. The van der Waals surface area contributed by atoms with E-state index in [1.807, 2.05) is 12.2 Å². The number of allylic oxidation sites excluding steroid dienone is 18. The lowest BCUT2D eigenvalue weighted by Gasteiger charge is -2.18. The van der Waals surface area contributed by atoms with Crippen LogP contribution in [-0.2, 0) is 28.6 Å². The number of unbranched alkanes of at least 4 members (excludes halogenated alkanes) is 16. The van der Waals surface area contributed by atoms with Crippen LogP contribution >= 0.6 is 0 Å². The van der Waals surface area contributed by atoms with E-state index in [2.05, 4.69) is 118 Å². The largest absolute Gasteiger partial charge is 0.462 e. The van der Waals surface area contributed by atoms with E-state index >= 15 is 0 Å². The summed E-state index contributed by atoms with van der Waals surface area (Å²) in [7, 11) is 0. The number of carbonyl (C=O) groups is 3. The van der Waals surface area contributed by atoms with Crippen LogP contribution in [0.1, 0.15) is 220 Å². The fourth-order valence-corrected chi connectivity index (χ4v) is 6.59. The van der Waals surface area contributed by atoms with Crippen molar-refractivity contribution in [3.05, 3.63) is 109 Å². The summed E-state index contributed by atoms with van der Waals surface area (Å²) >= 11 is 0. The van der Waals surface area contributed by atoms with Crippen molar-refractivity contribution in [3.8, 4) is 0 Å². The van der Waals surface area contributed by atoms with E-state index in [0.29, 0.717) is 19.3 Å². The molecule has 0 radical (unpaired) electrons. The Balaban J connectivity index is 4.54. The summed E-state index contributed by atoms with van der Waals surface area (Å²) in [6, 6.07) is 0. The van der Waals surface area contributed by atoms with Crippen molar-refractivity contribution in [1.82, 2.24) is 0 Å². The highest BCUT2D eigenvalue weighted by molar-refractivity contribution is 5.71. The van der Waals surface area contributed by atoms with Gasteiger partial charge in [0.15, 0.2) is 6.10 Å². The minimum atomic E-state index is -0.820. The normalized spacial score (nSPS) is 13.0. The molecule has 0 aliphatic rings. The van der Waals surface area contributed by atoms with Crippen LogP contribution in [0, 0.1) is 0 Å². The smallest absolute Gasteiger partial charge is 0.306 e. The molecule has 0 aromatic carbocycles. The lowest BCUT2D eigenvalue weighted by molar-refractivity contribution is -0.166. The van der Waals surface area contributed by atoms with Crippen LogP contribution in [0.3, 0.4) is 0 Å². The first-order chi connectivity index (χ1) is 31.5. The zero-order chi connectivity index (χ0) is 46.5. The molecular formula is C58H94O6. The second kappa shape index (κ2) is 51.7. The monoisotopic (exact) mass is 887 g/mol. The third-order valence-electron chi connectivity index (χ3n) is 10.5. The number of rotatable bonds is 45. The molecule has 1 atom stereocenters. The Kier molecular flexibility index (Phi) is 48.5. The predicted molar refractivity (Wildman–Crippen MR) is 274 cm³/mol. The fraction of sp³-hybridized carbons (Fsp3) is 0.638. The van der Waals surface area contributed by atoms with Gasteiger partial charge in [0.05, 0.1) is 0 Å². The number of hydrogen-bond acceptors (Lipinski definition) is 6. The average molecular weight is 887 g/mol. The summed E-state index contributed by atoms with van der Waals surface area (Å²) in [5.41, 5.74) is 0. The SMILES string of the molecule is CC/C=C/C/C=C/C/C=C/C/C=C/C/C=C/C/C=C/CCC(=O)OC[C@@H](COC(=O)CCCCCCC/C=C/CCCCCC)OC(=O)CCCCCCC/C=C/C/C=C/CCCC. The molecular weight excluding hydrogens is 793 g/mol. The van der Waals surface area contributed by atoms with Crippen LogP contribution in [0.25, 0.3) is 0 Å². The Bertz CT molecular complexity index is 1340. The summed E-state index contributed by atoms with van der Waals surface area (Å²) in [6.07, 6.45) is 69.4. The Morgan fingerprint density at radius 2 is 0.656 bits per heavy atom. The van der Waals surface area contributed by atoms with Gasteiger partial charge in [-0.3, -0.25) is 14.4 Å². The topological polar surface area (TPSA) is 78.9 Å². The molecule has 64 heavy (non-hydrogen) atoms. The first-order valence-electron chi connectivity index (χ1n) is 25.9. The number of esters is 3. The zero-order valence-corrected chi connectivity index (χ0v) is 41.3. The minimum Gasteiger partial charge on any atom is -0.462 e. The lowest BCUT2D eigenvalue weighted by Crippen LogP contribution is -2.30. The van der Waals surface area contributed by atoms with Crippen LogP contribution in [0.2, 0.25) is 0 Å². The van der Waals surface area contributed by atoms with Gasteiger partial charge in [0.25, 0.3) is 0 Å². The van der Waals surface area contributed by atoms with Crippen LogP contribution in [0.15, 0.2) is 109 Å². The van der Waals surface area contributed by atoms with Gasteiger partial charge < -0.3 is 14.2 Å². The van der Waals surface area contributed by atoms with Crippen molar-refractivity contribution in [2.24, 2.45) is 0 Å². The highest BCUT2D eigenvalue weighted by atomic mass is 16.6. The molecule has 0 aromatic rings. The zero-order valence-electron chi connectivity index (χ0n) is 41.3. The Labute approximate surface area is 393 Å². The molecule has 6 nitrogen and oxygen atoms in total. The Hall–Kier alpha value is -3.93. The van der Waals surface area contributed by atoms with E-state index < -0.39 is 6.10 Å². The van der Waals surface area contributed by atoms with Gasteiger partial charge in [-0.25, -0.2) is 0 Å². The molecule has 0 aliphatic heterocycles. The predicted octanol–water partition coefficient (Wildman–Crippen LogP) is 17.1. The van der Waals surface area contributed by atoms with Gasteiger partial charge in [-0.1, -0.05) is 201 Å². The summed E-state index contributed by atoms with van der Waals surface area (Å²) < 4.78 is 16.7. The van der Waals surface area contributed by atoms with Gasteiger partial charge in [0, 0.05) is 19.3 Å². The molecule has 0 unspecified atom stereocenters. The number of hydrogen-bond donors (Lipinski definition) is 0. The Morgan fingerprint density at radius 3 is 1.11 bits per heavy atom. The molecule has 0 saturated heterocycles. The van der Waals surface area contributed by atoms with Crippen molar-refractivity contribution in [2.45, 2.75) is 226 Å². The van der Waals surface area contributed by atoms with E-state index in [0.717, 1.165) is 116 Å². The molecule has 0 fully saturated rings. The third-order valence-corrected chi connectivity index (χ3v) is 10.5. The van der Waals surface area contributed by atoms with Crippen molar-refractivity contribution < 1.29 is 28.6 Å². The van der Waals surface area contributed by atoms with Gasteiger partial charge in [0.2, 0.25) is 0 Å². The first kappa shape index (κ1) is 60.1. The molecule has 0 amide bonds. The van der Waals surface area contributed by atoms with Gasteiger partial charge >= 0.3 is 17.9 Å². The molecule has 0 bridgehead atoms. The van der Waals surface area contributed by atoms with Gasteiger partial charge in [-0.05, 0) is 109 Å². The molecule has 0 heterocycles. The highest BCUT2D eigenvalue weighted by Crippen LogP contribution is 2.12. The molecule has 0 rings (SSSR count). The van der Waals surface area contributed by atoms with Gasteiger partial charge in [-0.15, -0.1) is 0 Å². The summed E-state index contributed by atoms with van der Waals surface area (Å²) in [4.78, 5) is 37.9. The number of carbonyl (C=O) groups excluding carboxylic acids is 3. The lowest BCUT2D eigenvalue weighted by atomic mass is 10.1. The standard InChI is InChI=1S/C58H94O6/c1-4-7-10-13-16-19-22-25-27-28-29-30-31-34-36-39-42-45-48-51-57(60)63-54-55(53-62-56(59)50-47-44-41-38-35-32-24-21-18-15-12-9-6-3)64-58(61)52-49-46-43-40-37-33-26-23-20-17-14-11-8-5-2/h7,10,14,16-17,19,21,23-27,29-30,34,36,42,45,55H,4-6,8-9,11-13,15,18,20,22,28,31-33,35,37-41,43-44,46-54H2,1-3H3/b10-7+,17-14+,19-16+,24-21+,26-23+,27-25+,30-29+,36-34+,45-42+/t55-/m1/s1. The molecule has 0 aromatic heterocycles. The van der Waals surface area contributed by atoms with Crippen molar-refractivity contribution in [2.75, 3.05) is 13.2 Å². The van der Waals surface area contributed by atoms with E-state index in [1.165, 1.54) is 57.8 Å². The van der Waals surface area contributed by atoms with Crippen molar-refractivity contribution >= 4 is 17.9 Å². The minimum absolute atomic E-state index is 0.113. The second-order valence-corrected chi connectivity index (χ2v) is 16.7. The van der Waals surface area contributed by atoms with Crippen molar-refractivity contribution in [1.29, 1.82) is 0 Å². The van der Waals surface area contributed by atoms with Crippen LogP contribution < -0.4 is 0 Å². The van der Waals surface area contributed by atoms with Crippen molar-refractivity contribution in [3.63, 3.8) is 0 Å². The molecule has 0 spiro atoms. The number of ether oxygens (including phenoxy) is 3. The summed E-state index contributed by atoms with van der Waals surface area (Å²) in [6.45, 7) is 6.37. The van der Waals surface area contributed by atoms with Crippen LogP contribution in [0.5, 0.6) is 0 Å². The molecule has 0 saturated carbocycles. The molecule has 0 aliphatic carbocycles. The maximum atomic E-state index is 12.8. The van der Waals surface area contributed by atoms with E-state index in [-0.39, 0.29) is 37.5 Å². The quantitative estimate of drug-likeness (QED) is 0.0262. The van der Waals surface area contributed by atoms with E-state index in [4.69, 9.17) is 14.2 Å². The van der Waals surface area contributed by atoms with Gasteiger partial charge in [0.1, 0.15) is 13.2 Å². The molecule has 0 N–H and O–H groups in total. The summed E-state index contributed by atoms with van der Waals surface area (Å²) in [5, 5.41) is 0. The maximum absolute atomic E-state index is 12.8. The fourth-order valence-electron chi connectivity index (χ4n) is 6.59. The highest BCUT2D eigenvalue weighted by Gasteiger charge is 2.19. The molecule has 362 valence electrons. The van der Waals surface area contributed by atoms with E-state index in [9.17, 15) is 14.4 Å². The average Bonchev–Trinajstić information content (AvgIpc) is 3.29. The third kappa shape index (κ3) is 49.1. The maximum Gasteiger partial charge on any atom is 0.306 e. The van der Waals surface area contributed by atoms with E-state index in [1.54, 1.807) is 0 Å². The van der Waals surface area contributed by atoms with Crippen LogP contribution in [-0.4, -0.2) is 37.2 Å². The van der Waals surface area contributed by atoms with Gasteiger partial charge in [-0.2, -0.15) is 0 Å². The van der Waals surface area contributed by atoms with Crippen LogP contribution in [0.4, 0.5) is 0 Å². The Morgan fingerprint density at radius 1 is 0.328 bits per heavy atom. The molecule has 6 heteroatoms. The first-order valence-corrected chi connectivity index (χ1v) is 25.9. The summed E-state index contributed by atoms with van der Waals surface area (Å²) in [5.74, 6) is -1.03.